The third-order valence-electron chi connectivity index (χ3n) is 4.70. The van der Waals surface area contributed by atoms with E-state index in [1.165, 1.54) is 18.2 Å². The summed E-state index contributed by atoms with van der Waals surface area (Å²) >= 11 is 0. The summed E-state index contributed by atoms with van der Waals surface area (Å²) in [6.07, 6.45) is 0. The van der Waals surface area contributed by atoms with Crippen molar-refractivity contribution in [2.24, 2.45) is 0 Å². The smallest absolute Gasteiger partial charge is 0.258 e. The fraction of sp³-hybridized carbons (Fsp3) is 0.0870. The average Bonchev–Trinajstić information content (AvgIpc) is 3.02. The molecule has 1 atom stereocenters. The molecular formula is C23H18N2O4. The number of hydrogen-bond donors (Lipinski definition) is 2. The van der Waals surface area contributed by atoms with Gasteiger partial charge in [0.2, 0.25) is 0 Å². The molecule has 0 aromatic heterocycles. The lowest BCUT2D eigenvalue weighted by Gasteiger charge is -2.15. The first kappa shape index (κ1) is 18.4. The van der Waals surface area contributed by atoms with Crippen LogP contribution in [0.2, 0.25) is 0 Å². The number of para-hydroxylation sites is 1. The van der Waals surface area contributed by atoms with Crippen LogP contribution < -0.4 is 15.4 Å². The van der Waals surface area contributed by atoms with Crippen LogP contribution in [0.3, 0.4) is 0 Å². The van der Waals surface area contributed by atoms with Crippen LogP contribution >= 0.6 is 0 Å². The molecule has 3 aromatic carbocycles. The van der Waals surface area contributed by atoms with Crippen LogP contribution in [-0.4, -0.2) is 17.7 Å². The number of rotatable bonds is 5. The van der Waals surface area contributed by atoms with Gasteiger partial charge in [0.25, 0.3) is 17.7 Å². The summed E-state index contributed by atoms with van der Waals surface area (Å²) < 4.78 is 5.77. The molecule has 0 saturated carbocycles. The van der Waals surface area contributed by atoms with Crippen LogP contribution in [-0.2, 0) is 0 Å². The fourth-order valence-corrected chi connectivity index (χ4v) is 3.12. The van der Waals surface area contributed by atoms with E-state index in [9.17, 15) is 14.4 Å². The number of nitrogens with one attached hydrogen (secondary N) is 2. The topological polar surface area (TPSA) is 84.5 Å². The maximum absolute atomic E-state index is 12.6. The Morgan fingerprint density at radius 1 is 0.862 bits per heavy atom. The lowest BCUT2D eigenvalue weighted by atomic mass is 10.0. The lowest BCUT2D eigenvalue weighted by Crippen LogP contribution is -2.26. The van der Waals surface area contributed by atoms with Crippen molar-refractivity contribution in [2.45, 2.75) is 13.0 Å². The van der Waals surface area contributed by atoms with Gasteiger partial charge in [0, 0.05) is 5.56 Å². The highest BCUT2D eigenvalue weighted by atomic mass is 16.5. The minimum Gasteiger partial charge on any atom is -0.457 e. The van der Waals surface area contributed by atoms with E-state index in [-0.39, 0.29) is 23.1 Å². The number of amides is 3. The third kappa shape index (κ3) is 3.87. The number of carbonyl (C=O) groups excluding carboxylic acids is 3. The molecule has 1 aliphatic heterocycles. The van der Waals surface area contributed by atoms with Gasteiger partial charge in [0.1, 0.15) is 11.5 Å². The standard InChI is InChI=1S/C23H18N2O4/c1-14(15-7-10-18(11-8-15)29-17-5-3-2-4-6-17)24-21(26)16-9-12-19-20(13-16)23(28)25-22(19)27/h2-14H,1H3,(H,24,26)(H,25,27,28). The van der Waals surface area contributed by atoms with Crippen LogP contribution in [0.1, 0.15) is 49.6 Å². The highest BCUT2D eigenvalue weighted by Crippen LogP contribution is 2.24. The highest BCUT2D eigenvalue weighted by Gasteiger charge is 2.27. The second kappa shape index (κ2) is 7.59. The molecule has 1 heterocycles. The van der Waals surface area contributed by atoms with E-state index in [1.54, 1.807) is 0 Å². The first-order chi connectivity index (χ1) is 14.0. The van der Waals surface area contributed by atoms with Crippen molar-refractivity contribution in [1.82, 2.24) is 10.6 Å². The molecule has 3 aromatic rings. The van der Waals surface area contributed by atoms with E-state index in [0.29, 0.717) is 11.3 Å². The number of imide groups is 1. The van der Waals surface area contributed by atoms with Gasteiger partial charge >= 0.3 is 0 Å². The van der Waals surface area contributed by atoms with Crippen molar-refractivity contribution in [3.05, 3.63) is 95.1 Å². The minimum absolute atomic E-state index is 0.220. The van der Waals surface area contributed by atoms with E-state index in [1.807, 2.05) is 61.5 Å². The average molecular weight is 386 g/mol. The normalized spacial score (nSPS) is 13.4. The number of fused-ring (bicyclic) bond motifs is 1. The Bertz CT molecular complexity index is 1090. The Labute approximate surface area is 167 Å². The SMILES string of the molecule is CC(NC(=O)c1ccc2c(c1)C(=O)NC2=O)c1ccc(Oc2ccccc2)cc1. The maximum atomic E-state index is 12.6. The van der Waals surface area contributed by atoms with Gasteiger partial charge in [-0.3, -0.25) is 19.7 Å². The first-order valence-electron chi connectivity index (χ1n) is 9.15. The molecule has 3 amide bonds. The summed E-state index contributed by atoms with van der Waals surface area (Å²) in [5, 5.41) is 5.12. The van der Waals surface area contributed by atoms with Gasteiger partial charge in [-0.25, -0.2) is 0 Å². The Morgan fingerprint density at radius 2 is 1.52 bits per heavy atom. The Kier molecular flexibility index (Phi) is 4.83. The summed E-state index contributed by atoms with van der Waals surface area (Å²) in [7, 11) is 0. The van der Waals surface area contributed by atoms with Crippen LogP contribution in [0.25, 0.3) is 0 Å². The van der Waals surface area contributed by atoms with Crippen molar-refractivity contribution in [2.75, 3.05) is 0 Å². The van der Waals surface area contributed by atoms with E-state index < -0.39 is 11.8 Å². The van der Waals surface area contributed by atoms with Crippen molar-refractivity contribution in [1.29, 1.82) is 0 Å². The Balaban J connectivity index is 1.43. The van der Waals surface area contributed by atoms with E-state index in [2.05, 4.69) is 10.6 Å². The molecule has 144 valence electrons. The van der Waals surface area contributed by atoms with Crippen molar-refractivity contribution in [3.63, 3.8) is 0 Å². The zero-order chi connectivity index (χ0) is 20.4. The summed E-state index contributed by atoms with van der Waals surface area (Å²) in [4.78, 5) is 36.0. The third-order valence-corrected chi connectivity index (χ3v) is 4.70. The molecular weight excluding hydrogens is 368 g/mol. The van der Waals surface area contributed by atoms with Gasteiger partial charge in [0.15, 0.2) is 0 Å². The molecule has 1 aliphatic rings. The highest BCUT2D eigenvalue weighted by molar-refractivity contribution is 6.22. The van der Waals surface area contributed by atoms with E-state index in [0.717, 1.165) is 11.3 Å². The van der Waals surface area contributed by atoms with Gasteiger partial charge in [0.05, 0.1) is 17.2 Å². The quantitative estimate of drug-likeness (QED) is 0.652. The summed E-state index contributed by atoms with van der Waals surface area (Å²) in [5.74, 6) is 0.204. The van der Waals surface area contributed by atoms with Crippen LogP contribution in [0.4, 0.5) is 0 Å². The molecule has 0 fully saturated rings. The molecule has 6 heteroatoms. The predicted molar refractivity (Wildman–Crippen MR) is 107 cm³/mol. The number of carbonyl (C=O) groups is 3. The van der Waals surface area contributed by atoms with Gasteiger partial charge in [-0.2, -0.15) is 0 Å². The largest absolute Gasteiger partial charge is 0.457 e. The molecule has 0 spiro atoms. The zero-order valence-corrected chi connectivity index (χ0v) is 15.6. The predicted octanol–water partition coefficient (Wildman–Crippen LogP) is 3.85. The van der Waals surface area contributed by atoms with E-state index >= 15 is 0 Å². The van der Waals surface area contributed by atoms with Gasteiger partial charge < -0.3 is 10.1 Å². The minimum atomic E-state index is -0.485. The lowest BCUT2D eigenvalue weighted by molar-refractivity contribution is 0.0878. The molecule has 29 heavy (non-hydrogen) atoms. The summed E-state index contributed by atoms with van der Waals surface area (Å²) in [6, 6.07) is 21.2. The van der Waals surface area contributed by atoms with E-state index in [4.69, 9.17) is 4.74 Å². The molecule has 0 saturated heterocycles. The first-order valence-corrected chi connectivity index (χ1v) is 9.15. The maximum Gasteiger partial charge on any atom is 0.258 e. The second-order valence-corrected chi connectivity index (χ2v) is 6.72. The van der Waals surface area contributed by atoms with Gasteiger partial charge in [-0.15, -0.1) is 0 Å². The zero-order valence-electron chi connectivity index (χ0n) is 15.6. The molecule has 4 rings (SSSR count). The molecule has 0 aliphatic carbocycles. The Morgan fingerprint density at radius 3 is 2.24 bits per heavy atom. The van der Waals surface area contributed by atoms with Crippen molar-refractivity contribution >= 4 is 17.7 Å². The molecule has 2 N–H and O–H groups in total. The molecule has 6 nitrogen and oxygen atoms in total. The number of hydrogen-bond acceptors (Lipinski definition) is 4. The van der Waals surface area contributed by atoms with Crippen molar-refractivity contribution < 1.29 is 19.1 Å². The second-order valence-electron chi connectivity index (χ2n) is 6.72. The van der Waals surface area contributed by atoms with Gasteiger partial charge in [-0.05, 0) is 55.0 Å². The fourth-order valence-electron chi connectivity index (χ4n) is 3.12. The van der Waals surface area contributed by atoms with Crippen LogP contribution in [0.5, 0.6) is 11.5 Å². The number of ether oxygens (including phenoxy) is 1. The summed E-state index contributed by atoms with van der Waals surface area (Å²) in [5.41, 5.74) is 1.74. The molecule has 0 bridgehead atoms. The van der Waals surface area contributed by atoms with Crippen LogP contribution in [0.15, 0.2) is 72.8 Å². The monoisotopic (exact) mass is 386 g/mol. The van der Waals surface area contributed by atoms with Crippen molar-refractivity contribution in [3.8, 4) is 11.5 Å². The van der Waals surface area contributed by atoms with Gasteiger partial charge in [-0.1, -0.05) is 30.3 Å². The molecule has 1 unspecified atom stereocenters. The molecule has 0 radical (unpaired) electrons. The number of benzene rings is 3. The van der Waals surface area contributed by atoms with Crippen LogP contribution in [0, 0.1) is 0 Å². The Hall–Kier alpha value is -3.93. The summed E-state index contributed by atoms with van der Waals surface area (Å²) in [6.45, 7) is 1.87.